The zero-order chi connectivity index (χ0) is 14.0. The standard InChI is InChI=1S/C15H27N3O/c1-10-6-7-14(13(10)4)17-15-16-11(2)8-18(15)12(3)9-19-5/h8,10,12-14H,6-7,9H2,1-5H3,(H,16,17). The number of ether oxygens (including phenoxy) is 1. The van der Waals surface area contributed by atoms with Crippen molar-refractivity contribution in [2.45, 2.75) is 52.6 Å². The van der Waals surface area contributed by atoms with Crippen molar-refractivity contribution in [1.82, 2.24) is 9.55 Å². The van der Waals surface area contributed by atoms with E-state index < -0.39 is 0 Å². The van der Waals surface area contributed by atoms with Crippen molar-refractivity contribution in [2.75, 3.05) is 19.0 Å². The summed E-state index contributed by atoms with van der Waals surface area (Å²) in [5, 5.41) is 3.65. The first-order valence-corrected chi connectivity index (χ1v) is 7.33. The molecule has 108 valence electrons. The number of aromatic nitrogens is 2. The van der Waals surface area contributed by atoms with Gasteiger partial charge in [0.15, 0.2) is 0 Å². The van der Waals surface area contributed by atoms with E-state index in [1.807, 2.05) is 6.92 Å². The number of aryl methyl sites for hydroxylation is 1. The summed E-state index contributed by atoms with van der Waals surface area (Å²) in [5.74, 6) is 2.51. The van der Waals surface area contributed by atoms with Crippen molar-refractivity contribution >= 4 is 5.95 Å². The van der Waals surface area contributed by atoms with E-state index in [-0.39, 0.29) is 0 Å². The highest BCUT2D eigenvalue weighted by Crippen LogP contribution is 2.33. The lowest BCUT2D eigenvalue weighted by atomic mass is 9.98. The molecule has 2 rings (SSSR count). The van der Waals surface area contributed by atoms with Crippen LogP contribution in [0.25, 0.3) is 0 Å². The second-order valence-corrected chi connectivity index (χ2v) is 6.08. The Bertz CT molecular complexity index is 416. The zero-order valence-electron chi connectivity index (χ0n) is 12.8. The molecule has 0 saturated heterocycles. The molecule has 4 nitrogen and oxygen atoms in total. The van der Waals surface area contributed by atoms with Crippen molar-refractivity contribution in [3.05, 3.63) is 11.9 Å². The summed E-state index contributed by atoms with van der Waals surface area (Å²) < 4.78 is 7.46. The van der Waals surface area contributed by atoms with Gasteiger partial charge in [0, 0.05) is 19.3 Å². The van der Waals surface area contributed by atoms with Gasteiger partial charge in [-0.3, -0.25) is 0 Å². The van der Waals surface area contributed by atoms with Gasteiger partial charge < -0.3 is 14.6 Å². The highest BCUT2D eigenvalue weighted by atomic mass is 16.5. The summed E-state index contributed by atoms with van der Waals surface area (Å²) >= 11 is 0. The molecule has 1 heterocycles. The molecule has 0 bridgehead atoms. The van der Waals surface area contributed by atoms with Crippen molar-refractivity contribution in [1.29, 1.82) is 0 Å². The van der Waals surface area contributed by atoms with E-state index >= 15 is 0 Å². The van der Waals surface area contributed by atoms with Gasteiger partial charge in [0.25, 0.3) is 0 Å². The number of nitrogens with zero attached hydrogens (tertiary/aromatic N) is 2. The smallest absolute Gasteiger partial charge is 0.203 e. The molecule has 1 fully saturated rings. The summed E-state index contributed by atoms with van der Waals surface area (Å²) in [6.07, 6.45) is 4.66. The van der Waals surface area contributed by atoms with Crippen LogP contribution in [0.3, 0.4) is 0 Å². The molecule has 1 aromatic heterocycles. The quantitative estimate of drug-likeness (QED) is 0.888. The summed E-state index contributed by atoms with van der Waals surface area (Å²) in [7, 11) is 1.74. The van der Waals surface area contributed by atoms with Gasteiger partial charge in [-0.25, -0.2) is 4.98 Å². The van der Waals surface area contributed by atoms with Crippen molar-refractivity contribution in [3.8, 4) is 0 Å². The van der Waals surface area contributed by atoms with Crippen LogP contribution in [0.1, 0.15) is 45.3 Å². The highest BCUT2D eigenvalue weighted by molar-refractivity contribution is 5.32. The minimum absolute atomic E-state index is 0.308. The monoisotopic (exact) mass is 265 g/mol. The number of hydrogen-bond acceptors (Lipinski definition) is 3. The van der Waals surface area contributed by atoms with Crippen LogP contribution in [0.5, 0.6) is 0 Å². The summed E-state index contributed by atoms with van der Waals surface area (Å²) in [5.41, 5.74) is 1.06. The molecular formula is C15H27N3O. The van der Waals surface area contributed by atoms with Crippen LogP contribution >= 0.6 is 0 Å². The van der Waals surface area contributed by atoms with Gasteiger partial charge >= 0.3 is 0 Å². The Morgan fingerprint density at radius 2 is 2.21 bits per heavy atom. The van der Waals surface area contributed by atoms with Gasteiger partial charge in [0.1, 0.15) is 0 Å². The molecule has 0 aromatic carbocycles. The van der Waals surface area contributed by atoms with Crippen LogP contribution in [-0.4, -0.2) is 29.3 Å². The summed E-state index contributed by atoms with van der Waals surface area (Å²) in [4.78, 5) is 4.63. The first-order valence-electron chi connectivity index (χ1n) is 7.33. The van der Waals surface area contributed by atoms with E-state index in [0.29, 0.717) is 24.6 Å². The topological polar surface area (TPSA) is 39.1 Å². The molecule has 1 aliphatic rings. The Hall–Kier alpha value is -1.03. The van der Waals surface area contributed by atoms with Crippen LogP contribution in [0, 0.1) is 18.8 Å². The van der Waals surface area contributed by atoms with E-state index in [1.54, 1.807) is 7.11 Å². The van der Waals surface area contributed by atoms with Crippen LogP contribution in [0.2, 0.25) is 0 Å². The minimum atomic E-state index is 0.308. The SMILES string of the molecule is COCC(C)n1cc(C)nc1NC1CCC(C)C1C. The van der Waals surface area contributed by atoms with Crippen LogP contribution in [-0.2, 0) is 4.74 Å². The second kappa shape index (κ2) is 5.95. The van der Waals surface area contributed by atoms with E-state index in [2.05, 4.69) is 41.8 Å². The predicted octanol–water partition coefficient (Wildman–Crippen LogP) is 3.25. The Balaban J connectivity index is 2.11. The normalized spacial score (nSPS) is 28.6. The fourth-order valence-corrected chi connectivity index (χ4v) is 3.01. The maximum atomic E-state index is 5.25. The molecule has 4 atom stereocenters. The third-order valence-electron chi connectivity index (χ3n) is 4.52. The molecule has 0 aliphatic heterocycles. The number of imidazole rings is 1. The lowest BCUT2D eigenvalue weighted by Gasteiger charge is -2.22. The van der Waals surface area contributed by atoms with Crippen LogP contribution in [0.15, 0.2) is 6.20 Å². The van der Waals surface area contributed by atoms with Crippen molar-refractivity contribution in [3.63, 3.8) is 0 Å². The maximum Gasteiger partial charge on any atom is 0.203 e. The average molecular weight is 265 g/mol. The fraction of sp³-hybridized carbons (Fsp3) is 0.800. The predicted molar refractivity (Wildman–Crippen MR) is 78.5 cm³/mol. The molecule has 4 heteroatoms. The van der Waals surface area contributed by atoms with Crippen molar-refractivity contribution in [2.24, 2.45) is 11.8 Å². The second-order valence-electron chi connectivity index (χ2n) is 6.08. The van der Waals surface area contributed by atoms with Gasteiger partial charge in [-0.05, 0) is 38.5 Å². The summed E-state index contributed by atoms with van der Waals surface area (Å²) in [6, 6.07) is 0.855. The van der Waals surface area contributed by atoms with Gasteiger partial charge in [-0.2, -0.15) is 0 Å². The van der Waals surface area contributed by atoms with Crippen LogP contribution in [0.4, 0.5) is 5.95 Å². The lowest BCUT2D eigenvalue weighted by Crippen LogP contribution is -2.26. The third-order valence-corrected chi connectivity index (χ3v) is 4.52. The van der Waals surface area contributed by atoms with Gasteiger partial charge in [-0.1, -0.05) is 13.8 Å². The third kappa shape index (κ3) is 3.11. The number of hydrogen-bond donors (Lipinski definition) is 1. The number of nitrogens with one attached hydrogen (secondary N) is 1. The van der Waals surface area contributed by atoms with Gasteiger partial charge in [0.2, 0.25) is 5.95 Å². The Labute approximate surface area is 116 Å². The fourth-order valence-electron chi connectivity index (χ4n) is 3.01. The molecule has 1 aliphatic carbocycles. The molecule has 0 spiro atoms. The molecule has 4 unspecified atom stereocenters. The molecule has 0 amide bonds. The Kier molecular flexibility index (Phi) is 4.50. The largest absolute Gasteiger partial charge is 0.383 e. The Morgan fingerprint density at radius 1 is 1.47 bits per heavy atom. The van der Waals surface area contributed by atoms with Gasteiger partial charge in [-0.15, -0.1) is 0 Å². The van der Waals surface area contributed by atoms with E-state index in [0.717, 1.165) is 17.6 Å². The van der Waals surface area contributed by atoms with E-state index in [9.17, 15) is 0 Å². The lowest BCUT2D eigenvalue weighted by molar-refractivity contribution is 0.163. The number of rotatable bonds is 5. The van der Waals surface area contributed by atoms with Crippen LogP contribution < -0.4 is 5.32 Å². The minimum Gasteiger partial charge on any atom is -0.383 e. The molecular weight excluding hydrogens is 238 g/mol. The first-order chi connectivity index (χ1) is 9.02. The molecule has 1 N–H and O–H groups in total. The zero-order valence-corrected chi connectivity index (χ0v) is 12.8. The maximum absolute atomic E-state index is 5.25. The summed E-state index contributed by atoms with van der Waals surface area (Å²) in [6.45, 7) is 9.60. The van der Waals surface area contributed by atoms with Crippen molar-refractivity contribution < 1.29 is 4.74 Å². The van der Waals surface area contributed by atoms with Gasteiger partial charge in [0.05, 0.1) is 18.3 Å². The number of methoxy groups -OCH3 is 1. The first kappa shape index (κ1) is 14.4. The van der Waals surface area contributed by atoms with E-state index in [4.69, 9.17) is 4.74 Å². The Morgan fingerprint density at radius 3 is 2.79 bits per heavy atom. The molecule has 19 heavy (non-hydrogen) atoms. The average Bonchev–Trinajstić information content (AvgIpc) is 2.87. The molecule has 1 saturated carbocycles. The molecule has 0 radical (unpaired) electrons. The number of anilines is 1. The molecule has 1 aromatic rings. The van der Waals surface area contributed by atoms with E-state index in [1.165, 1.54) is 12.8 Å². The highest BCUT2D eigenvalue weighted by Gasteiger charge is 2.30.